The lowest BCUT2D eigenvalue weighted by molar-refractivity contribution is -0.384. The number of nitro benzene ring substituents is 1. The molecule has 1 aliphatic rings. The summed E-state index contributed by atoms with van der Waals surface area (Å²) in [5.41, 5.74) is 5.32. The molecule has 0 aliphatic heterocycles. The summed E-state index contributed by atoms with van der Waals surface area (Å²) in [6, 6.07) is 2.76. The van der Waals surface area contributed by atoms with Gasteiger partial charge in [0.25, 0.3) is 5.69 Å². The topological polar surface area (TPSA) is 98.3 Å². The zero-order valence-corrected chi connectivity index (χ0v) is 10.1. The second kappa shape index (κ2) is 5.31. The van der Waals surface area contributed by atoms with Crippen LogP contribution in [0.1, 0.15) is 19.3 Å². The van der Waals surface area contributed by atoms with Gasteiger partial charge < -0.3 is 11.1 Å². The number of amides is 1. The SMILES string of the molecule is NC(CC(=O)Nc1cc([N+](=O)[O-])ccc1F)C1CC1. The van der Waals surface area contributed by atoms with Crippen molar-refractivity contribution in [1.29, 1.82) is 0 Å². The van der Waals surface area contributed by atoms with Crippen molar-refractivity contribution >= 4 is 17.3 Å². The molecule has 2 rings (SSSR count). The first-order valence-corrected chi connectivity index (χ1v) is 5.96. The lowest BCUT2D eigenvalue weighted by Gasteiger charge is -2.10. The van der Waals surface area contributed by atoms with E-state index in [0.717, 1.165) is 31.0 Å². The second-order valence-electron chi connectivity index (χ2n) is 4.67. The van der Waals surface area contributed by atoms with Gasteiger partial charge in [-0.25, -0.2) is 4.39 Å². The molecule has 1 aromatic rings. The van der Waals surface area contributed by atoms with Gasteiger partial charge in [-0.1, -0.05) is 0 Å². The first-order valence-electron chi connectivity index (χ1n) is 5.96. The minimum atomic E-state index is -0.709. The van der Waals surface area contributed by atoms with Crippen LogP contribution in [0.25, 0.3) is 0 Å². The van der Waals surface area contributed by atoms with Crippen molar-refractivity contribution in [3.63, 3.8) is 0 Å². The number of hydrogen-bond donors (Lipinski definition) is 2. The van der Waals surface area contributed by atoms with E-state index < -0.39 is 16.6 Å². The van der Waals surface area contributed by atoms with Gasteiger partial charge >= 0.3 is 0 Å². The lowest BCUT2D eigenvalue weighted by atomic mass is 10.1. The molecule has 1 atom stereocenters. The molecule has 0 bridgehead atoms. The standard InChI is InChI=1S/C12H14FN3O3/c13-9-4-3-8(16(18)19)5-11(9)15-12(17)6-10(14)7-1-2-7/h3-5,7,10H,1-2,6,14H2,(H,15,17). The highest BCUT2D eigenvalue weighted by molar-refractivity contribution is 5.91. The number of nitro groups is 1. The molecule has 0 heterocycles. The van der Waals surface area contributed by atoms with E-state index in [2.05, 4.69) is 5.32 Å². The summed E-state index contributed by atoms with van der Waals surface area (Å²) < 4.78 is 13.4. The Balaban J connectivity index is 2.02. The van der Waals surface area contributed by atoms with Crippen LogP contribution in [0.15, 0.2) is 18.2 Å². The normalized spacial score (nSPS) is 15.9. The third-order valence-electron chi connectivity index (χ3n) is 3.08. The van der Waals surface area contributed by atoms with E-state index in [-0.39, 0.29) is 23.8 Å². The molecule has 1 saturated carbocycles. The average molecular weight is 267 g/mol. The Hall–Kier alpha value is -2.02. The Morgan fingerprint density at radius 2 is 2.26 bits per heavy atom. The van der Waals surface area contributed by atoms with Crippen LogP contribution in [0.3, 0.4) is 0 Å². The highest BCUT2D eigenvalue weighted by Gasteiger charge is 2.30. The van der Waals surface area contributed by atoms with Crippen molar-refractivity contribution in [2.75, 3.05) is 5.32 Å². The molecule has 102 valence electrons. The zero-order chi connectivity index (χ0) is 14.0. The van der Waals surface area contributed by atoms with Crippen LogP contribution in [0.4, 0.5) is 15.8 Å². The van der Waals surface area contributed by atoms with Crippen LogP contribution < -0.4 is 11.1 Å². The Morgan fingerprint density at radius 3 is 2.84 bits per heavy atom. The van der Waals surface area contributed by atoms with E-state index >= 15 is 0 Å². The molecule has 1 amide bonds. The third kappa shape index (κ3) is 3.47. The van der Waals surface area contributed by atoms with E-state index in [1.165, 1.54) is 0 Å². The van der Waals surface area contributed by atoms with Gasteiger partial charge in [0.2, 0.25) is 5.91 Å². The molecule has 1 fully saturated rings. The molecule has 6 nitrogen and oxygen atoms in total. The first kappa shape index (κ1) is 13.4. The average Bonchev–Trinajstić information content (AvgIpc) is 3.15. The van der Waals surface area contributed by atoms with Crippen molar-refractivity contribution in [2.24, 2.45) is 11.7 Å². The van der Waals surface area contributed by atoms with E-state index in [4.69, 9.17) is 5.73 Å². The molecule has 1 aliphatic carbocycles. The maximum absolute atomic E-state index is 13.4. The van der Waals surface area contributed by atoms with Gasteiger partial charge in [0.05, 0.1) is 10.6 Å². The zero-order valence-electron chi connectivity index (χ0n) is 10.1. The molecule has 3 N–H and O–H groups in total. The Bertz CT molecular complexity index is 517. The maximum Gasteiger partial charge on any atom is 0.271 e. The Labute approximate surface area is 108 Å². The summed E-state index contributed by atoms with van der Waals surface area (Å²) >= 11 is 0. The summed E-state index contributed by atoms with van der Waals surface area (Å²) in [7, 11) is 0. The summed E-state index contributed by atoms with van der Waals surface area (Å²) in [6.07, 6.45) is 2.12. The number of halogens is 1. The largest absolute Gasteiger partial charge is 0.327 e. The smallest absolute Gasteiger partial charge is 0.271 e. The lowest BCUT2D eigenvalue weighted by Crippen LogP contribution is -2.29. The number of rotatable bonds is 5. The van der Waals surface area contributed by atoms with Gasteiger partial charge in [0, 0.05) is 24.6 Å². The highest BCUT2D eigenvalue weighted by atomic mass is 19.1. The monoisotopic (exact) mass is 267 g/mol. The molecule has 0 aromatic heterocycles. The van der Waals surface area contributed by atoms with E-state index in [0.29, 0.717) is 5.92 Å². The van der Waals surface area contributed by atoms with E-state index in [1.54, 1.807) is 0 Å². The van der Waals surface area contributed by atoms with Crippen LogP contribution in [0, 0.1) is 21.8 Å². The van der Waals surface area contributed by atoms with Crippen LogP contribution in [0.2, 0.25) is 0 Å². The Morgan fingerprint density at radius 1 is 1.58 bits per heavy atom. The van der Waals surface area contributed by atoms with Crippen LogP contribution in [-0.4, -0.2) is 16.9 Å². The summed E-state index contributed by atoms with van der Waals surface area (Å²) in [4.78, 5) is 21.6. The fourth-order valence-electron chi connectivity index (χ4n) is 1.83. The van der Waals surface area contributed by atoms with Gasteiger partial charge in [-0.3, -0.25) is 14.9 Å². The number of nitrogens with one attached hydrogen (secondary N) is 1. The molecule has 0 saturated heterocycles. The second-order valence-corrected chi connectivity index (χ2v) is 4.67. The molecule has 1 unspecified atom stereocenters. The minimum Gasteiger partial charge on any atom is -0.327 e. The number of benzene rings is 1. The van der Waals surface area contributed by atoms with Gasteiger partial charge in [0.1, 0.15) is 5.82 Å². The van der Waals surface area contributed by atoms with Crippen LogP contribution in [0.5, 0.6) is 0 Å². The fraction of sp³-hybridized carbons (Fsp3) is 0.417. The molecular formula is C12H14FN3O3. The number of non-ortho nitro benzene ring substituents is 1. The first-order chi connectivity index (χ1) is 8.97. The number of anilines is 1. The highest BCUT2D eigenvalue weighted by Crippen LogP contribution is 2.33. The van der Waals surface area contributed by atoms with Gasteiger partial charge in [-0.15, -0.1) is 0 Å². The summed E-state index contributed by atoms with van der Waals surface area (Å²) in [6.45, 7) is 0. The van der Waals surface area contributed by atoms with E-state index in [9.17, 15) is 19.3 Å². The van der Waals surface area contributed by atoms with Crippen molar-refractivity contribution in [3.05, 3.63) is 34.1 Å². The van der Waals surface area contributed by atoms with Crippen molar-refractivity contribution in [3.8, 4) is 0 Å². The minimum absolute atomic E-state index is 0.0901. The Kier molecular flexibility index (Phi) is 3.75. The fourth-order valence-corrected chi connectivity index (χ4v) is 1.83. The van der Waals surface area contributed by atoms with Crippen molar-refractivity contribution in [2.45, 2.75) is 25.3 Å². The molecule has 7 heteroatoms. The van der Waals surface area contributed by atoms with Crippen LogP contribution >= 0.6 is 0 Å². The molecule has 0 spiro atoms. The third-order valence-corrected chi connectivity index (χ3v) is 3.08. The van der Waals surface area contributed by atoms with Crippen molar-refractivity contribution in [1.82, 2.24) is 0 Å². The number of carbonyl (C=O) groups is 1. The van der Waals surface area contributed by atoms with Gasteiger partial charge in [-0.2, -0.15) is 0 Å². The molecule has 19 heavy (non-hydrogen) atoms. The molecule has 1 aromatic carbocycles. The van der Waals surface area contributed by atoms with E-state index in [1.807, 2.05) is 0 Å². The summed E-state index contributed by atoms with van der Waals surface area (Å²) in [5.74, 6) is -0.779. The van der Waals surface area contributed by atoms with Gasteiger partial charge in [-0.05, 0) is 24.8 Å². The molecular weight excluding hydrogens is 253 g/mol. The number of carbonyl (C=O) groups excluding carboxylic acids is 1. The van der Waals surface area contributed by atoms with Crippen LogP contribution in [-0.2, 0) is 4.79 Å². The predicted molar refractivity (Wildman–Crippen MR) is 67.0 cm³/mol. The number of hydrogen-bond acceptors (Lipinski definition) is 4. The quantitative estimate of drug-likeness (QED) is 0.627. The number of nitrogens with two attached hydrogens (primary N) is 1. The maximum atomic E-state index is 13.4. The number of nitrogens with zero attached hydrogens (tertiary/aromatic N) is 1. The molecule has 0 radical (unpaired) electrons. The predicted octanol–water partition coefficient (Wildman–Crippen LogP) is 1.80. The van der Waals surface area contributed by atoms with Crippen molar-refractivity contribution < 1.29 is 14.1 Å². The summed E-state index contributed by atoms with van der Waals surface area (Å²) in [5, 5.41) is 12.9. The van der Waals surface area contributed by atoms with Gasteiger partial charge in [0.15, 0.2) is 0 Å².